The summed E-state index contributed by atoms with van der Waals surface area (Å²) in [7, 11) is 0. The molecule has 2 saturated heterocycles. The van der Waals surface area contributed by atoms with Gasteiger partial charge in [-0.25, -0.2) is 4.98 Å². The number of aryl methyl sites for hydroxylation is 1. The van der Waals surface area contributed by atoms with Gasteiger partial charge in [0.15, 0.2) is 0 Å². The number of hydrogen-bond donors (Lipinski definition) is 2. The Balaban J connectivity index is 1.37. The molecule has 0 radical (unpaired) electrons. The summed E-state index contributed by atoms with van der Waals surface area (Å²) in [6.45, 7) is 5.61. The van der Waals surface area contributed by atoms with Crippen LogP contribution in [0.25, 0.3) is 0 Å². The number of aromatic amines is 1. The molecule has 2 amide bonds. The summed E-state index contributed by atoms with van der Waals surface area (Å²) >= 11 is 9.66. The molecule has 10 heteroatoms. The lowest BCUT2D eigenvalue weighted by molar-refractivity contribution is 0.0303. The second kappa shape index (κ2) is 9.58. The van der Waals surface area contributed by atoms with Crippen molar-refractivity contribution in [3.63, 3.8) is 0 Å². The normalized spacial score (nSPS) is 17.6. The number of morpholine rings is 1. The Hall–Kier alpha value is -2.10. The van der Waals surface area contributed by atoms with Crippen LogP contribution in [0, 0.1) is 6.92 Å². The number of nitrogens with one attached hydrogen (secondary N) is 2. The monoisotopic (exact) mass is 509 g/mol. The third-order valence-electron chi connectivity index (χ3n) is 5.68. The van der Waals surface area contributed by atoms with Crippen molar-refractivity contribution in [2.24, 2.45) is 0 Å². The molecule has 2 N–H and O–H groups in total. The number of piperidine rings is 1. The highest BCUT2D eigenvalue weighted by molar-refractivity contribution is 9.10. The predicted octanol–water partition coefficient (Wildman–Crippen LogP) is 3.01. The van der Waals surface area contributed by atoms with Crippen LogP contribution in [0.4, 0.5) is 5.82 Å². The van der Waals surface area contributed by atoms with E-state index in [0.29, 0.717) is 48.5 Å². The summed E-state index contributed by atoms with van der Waals surface area (Å²) in [5.41, 5.74) is 2.02. The second-order valence-corrected chi connectivity index (χ2v) is 9.07. The molecule has 166 valence electrons. The number of amides is 2. The van der Waals surface area contributed by atoms with Crippen LogP contribution < -0.4 is 10.2 Å². The zero-order valence-corrected chi connectivity index (χ0v) is 19.6. The van der Waals surface area contributed by atoms with Gasteiger partial charge in [0, 0.05) is 48.0 Å². The lowest BCUT2D eigenvalue weighted by atomic mass is 10.0. The Morgan fingerprint density at radius 1 is 1.19 bits per heavy atom. The first-order valence-electron chi connectivity index (χ1n) is 10.4. The van der Waals surface area contributed by atoms with Crippen molar-refractivity contribution in [3.05, 3.63) is 44.8 Å². The number of pyridine rings is 1. The van der Waals surface area contributed by atoms with Crippen LogP contribution in [0.1, 0.15) is 39.4 Å². The molecule has 2 aromatic heterocycles. The van der Waals surface area contributed by atoms with Gasteiger partial charge in [0.2, 0.25) is 0 Å². The number of anilines is 1. The molecule has 0 aliphatic carbocycles. The highest BCUT2D eigenvalue weighted by atomic mass is 79.9. The van der Waals surface area contributed by atoms with Gasteiger partial charge in [0.1, 0.15) is 16.7 Å². The van der Waals surface area contributed by atoms with Crippen LogP contribution in [-0.2, 0) is 4.74 Å². The van der Waals surface area contributed by atoms with Crippen LogP contribution in [0.2, 0.25) is 5.15 Å². The molecule has 2 aliphatic heterocycles. The molecule has 8 nitrogen and oxygen atoms in total. The Kier molecular flexibility index (Phi) is 6.83. The number of nitrogens with zero attached hydrogens (tertiary/aromatic N) is 3. The van der Waals surface area contributed by atoms with Gasteiger partial charge in [-0.3, -0.25) is 9.59 Å². The zero-order chi connectivity index (χ0) is 22.0. The van der Waals surface area contributed by atoms with Crippen LogP contribution in [0.5, 0.6) is 0 Å². The molecule has 0 saturated carbocycles. The zero-order valence-electron chi connectivity index (χ0n) is 17.3. The lowest BCUT2D eigenvalue weighted by Crippen LogP contribution is -2.45. The fourth-order valence-electron chi connectivity index (χ4n) is 3.89. The first-order chi connectivity index (χ1) is 14.9. The number of rotatable bonds is 4. The van der Waals surface area contributed by atoms with E-state index in [9.17, 15) is 9.59 Å². The smallest absolute Gasteiger partial charge is 0.267 e. The van der Waals surface area contributed by atoms with E-state index in [2.05, 4.69) is 36.1 Å². The van der Waals surface area contributed by atoms with Gasteiger partial charge in [0.25, 0.3) is 11.8 Å². The largest absolute Gasteiger partial charge is 0.378 e. The molecule has 0 atom stereocenters. The quantitative estimate of drug-likeness (QED) is 0.617. The van der Waals surface area contributed by atoms with Gasteiger partial charge in [-0.05, 0) is 53.9 Å². The maximum absolute atomic E-state index is 12.8. The number of halogens is 2. The Bertz CT molecular complexity index is 948. The van der Waals surface area contributed by atoms with Gasteiger partial charge in [-0.1, -0.05) is 11.6 Å². The van der Waals surface area contributed by atoms with Crippen LogP contribution in [0.15, 0.2) is 22.7 Å². The average Bonchev–Trinajstić information content (AvgIpc) is 3.12. The van der Waals surface area contributed by atoms with Crippen molar-refractivity contribution in [1.82, 2.24) is 20.2 Å². The van der Waals surface area contributed by atoms with Crippen molar-refractivity contribution in [2.75, 3.05) is 44.3 Å². The minimum atomic E-state index is -0.105. The van der Waals surface area contributed by atoms with Gasteiger partial charge in [-0.2, -0.15) is 0 Å². The predicted molar refractivity (Wildman–Crippen MR) is 122 cm³/mol. The molecule has 4 rings (SSSR count). The number of aromatic nitrogens is 2. The van der Waals surface area contributed by atoms with E-state index >= 15 is 0 Å². The van der Waals surface area contributed by atoms with E-state index in [4.69, 9.17) is 16.3 Å². The van der Waals surface area contributed by atoms with E-state index in [1.54, 1.807) is 17.0 Å². The third kappa shape index (κ3) is 5.22. The summed E-state index contributed by atoms with van der Waals surface area (Å²) in [5.74, 6) is 0.535. The van der Waals surface area contributed by atoms with Crippen LogP contribution >= 0.6 is 27.5 Å². The average molecular weight is 511 g/mol. The Morgan fingerprint density at radius 3 is 2.55 bits per heavy atom. The molecule has 2 aliphatic rings. The van der Waals surface area contributed by atoms with Crippen molar-refractivity contribution in [2.45, 2.75) is 25.8 Å². The van der Waals surface area contributed by atoms with E-state index in [1.807, 2.05) is 13.0 Å². The molecule has 0 aromatic carbocycles. The molecular weight excluding hydrogens is 486 g/mol. The van der Waals surface area contributed by atoms with E-state index in [-0.39, 0.29) is 17.9 Å². The fourth-order valence-corrected chi connectivity index (χ4v) is 4.42. The highest BCUT2D eigenvalue weighted by Crippen LogP contribution is 2.24. The number of carbonyl (C=O) groups is 2. The number of ether oxygens (including phenoxy) is 1. The van der Waals surface area contributed by atoms with Crippen molar-refractivity contribution in [3.8, 4) is 0 Å². The summed E-state index contributed by atoms with van der Waals surface area (Å²) in [4.78, 5) is 36.7. The number of hydrogen-bond acceptors (Lipinski definition) is 5. The van der Waals surface area contributed by atoms with E-state index in [0.717, 1.165) is 36.1 Å². The summed E-state index contributed by atoms with van der Waals surface area (Å²) in [6, 6.07) is 5.30. The molecule has 2 aromatic rings. The third-order valence-corrected chi connectivity index (χ3v) is 6.69. The lowest BCUT2D eigenvalue weighted by Gasteiger charge is -2.33. The topological polar surface area (TPSA) is 90.6 Å². The standard InChI is InChI=1S/C21H25BrClN5O3/c1-13-16(22)12-17(24-13)20(29)25-15-2-4-27(5-3-15)19-11-14(10-18(23)26-19)21(30)28-6-8-31-9-7-28/h10-12,15,24H,2-9H2,1H3,(H,25,29). The van der Waals surface area contributed by atoms with Gasteiger partial charge < -0.3 is 24.8 Å². The Labute approximate surface area is 194 Å². The van der Waals surface area contributed by atoms with Gasteiger partial charge >= 0.3 is 0 Å². The fraction of sp³-hybridized carbons (Fsp3) is 0.476. The van der Waals surface area contributed by atoms with Crippen LogP contribution in [0.3, 0.4) is 0 Å². The van der Waals surface area contributed by atoms with E-state index < -0.39 is 0 Å². The van der Waals surface area contributed by atoms with Crippen molar-refractivity contribution in [1.29, 1.82) is 0 Å². The summed E-state index contributed by atoms with van der Waals surface area (Å²) in [6.07, 6.45) is 1.57. The van der Waals surface area contributed by atoms with Gasteiger partial charge in [0.05, 0.1) is 13.2 Å². The first-order valence-corrected chi connectivity index (χ1v) is 11.5. The summed E-state index contributed by atoms with van der Waals surface area (Å²) < 4.78 is 6.22. The van der Waals surface area contributed by atoms with Gasteiger partial charge in [-0.15, -0.1) is 0 Å². The van der Waals surface area contributed by atoms with E-state index in [1.165, 1.54) is 0 Å². The molecule has 4 heterocycles. The first kappa shape index (κ1) is 22.1. The molecule has 2 fully saturated rings. The Morgan fingerprint density at radius 2 is 1.90 bits per heavy atom. The second-order valence-electron chi connectivity index (χ2n) is 7.83. The molecular formula is C21H25BrClN5O3. The number of H-pyrrole nitrogens is 1. The molecule has 0 unspecified atom stereocenters. The minimum Gasteiger partial charge on any atom is -0.378 e. The molecule has 0 bridgehead atoms. The number of carbonyl (C=O) groups excluding carboxylic acids is 2. The molecule has 0 spiro atoms. The van der Waals surface area contributed by atoms with Crippen LogP contribution in [-0.4, -0.2) is 72.1 Å². The summed E-state index contributed by atoms with van der Waals surface area (Å²) in [5, 5.41) is 3.40. The SMILES string of the molecule is Cc1[nH]c(C(=O)NC2CCN(c3cc(C(=O)N4CCOCC4)cc(Cl)n3)CC2)cc1Br. The van der Waals surface area contributed by atoms with Crippen molar-refractivity contribution < 1.29 is 14.3 Å². The maximum atomic E-state index is 12.8. The molecule has 31 heavy (non-hydrogen) atoms. The highest BCUT2D eigenvalue weighted by Gasteiger charge is 2.25. The van der Waals surface area contributed by atoms with Crippen molar-refractivity contribution >= 4 is 45.2 Å². The maximum Gasteiger partial charge on any atom is 0.267 e. The minimum absolute atomic E-state index is 0.0524.